The van der Waals surface area contributed by atoms with Crippen LogP contribution in [0, 0.1) is 6.92 Å². The molecule has 3 aromatic rings. The van der Waals surface area contributed by atoms with Crippen LogP contribution >= 0.6 is 0 Å². The zero-order valence-electron chi connectivity index (χ0n) is 13.6. The monoisotopic (exact) mass is 322 g/mol. The molecule has 0 atom stereocenters. The summed E-state index contributed by atoms with van der Waals surface area (Å²) in [6.07, 6.45) is 7.11. The number of aryl methyl sites for hydroxylation is 2. The van der Waals surface area contributed by atoms with Crippen molar-refractivity contribution in [3.8, 4) is 11.1 Å². The number of hydrogen-bond acceptors (Lipinski definition) is 4. The number of aliphatic hydroxyl groups is 1. The molecule has 1 aromatic carbocycles. The molecular formula is C19H18N2O3. The number of aliphatic hydroxyl groups excluding tert-OH is 1. The summed E-state index contributed by atoms with van der Waals surface area (Å²) in [4.78, 5) is 16.6. The Morgan fingerprint density at radius 1 is 1.21 bits per heavy atom. The van der Waals surface area contributed by atoms with Crippen molar-refractivity contribution < 1.29 is 9.52 Å². The van der Waals surface area contributed by atoms with Gasteiger partial charge in [0.15, 0.2) is 0 Å². The second-order valence-corrected chi connectivity index (χ2v) is 5.69. The molecule has 0 saturated carbocycles. The van der Waals surface area contributed by atoms with Crippen LogP contribution in [0.1, 0.15) is 11.1 Å². The molecule has 24 heavy (non-hydrogen) atoms. The maximum atomic E-state index is 12.4. The van der Waals surface area contributed by atoms with E-state index in [9.17, 15) is 9.90 Å². The molecule has 122 valence electrons. The molecule has 1 N–H and O–H groups in total. The molecule has 0 amide bonds. The molecule has 0 bridgehead atoms. The number of fused-ring (bicyclic) bond motifs is 1. The summed E-state index contributed by atoms with van der Waals surface area (Å²) in [5.74, 6) is 0. The van der Waals surface area contributed by atoms with Crippen LogP contribution in [0.5, 0.6) is 0 Å². The van der Waals surface area contributed by atoms with Gasteiger partial charge in [-0.15, -0.1) is 0 Å². The van der Waals surface area contributed by atoms with Crippen LogP contribution in [0.15, 0.2) is 64.3 Å². The smallest absolute Gasteiger partial charge is 0.344 e. The Balaban J connectivity index is 2.25. The van der Waals surface area contributed by atoms with Crippen LogP contribution < -0.4 is 5.63 Å². The van der Waals surface area contributed by atoms with E-state index in [1.54, 1.807) is 30.6 Å². The molecule has 0 aliphatic heterocycles. The summed E-state index contributed by atoms with van der Waals surface area (Å²) in [7, 11) is 1.90. The predicted molar refractivity (Wildman–Crippen MR) is 93.0 cm³/mol. The van der Waals surface area contributed by atoms with Crippen LogP contribution in [0.4, 0.5) is 0 Å². The number of nitrogens with zero attached hydrogens (tertiary/aromatic N) is 2. The highest BCUT2D eigenvalue weighted by molar-refractivity contribution is 5.81. The minimum atomic E-state index is -0.437. The van der Waals surface area contributed by atoms with Crippen molar-refractivity contribution in [1.82, 2.24) is 9.55 Å². The highest BCUT2D eigenvalue weighted by atomic mass is 16.4. The van der Waals surface area contributed by atoms with Gasteiger partial charge in [0.25, 0.3) is 0 Å². The molecule has 2 aromatic heterocycles. The van der Waals surface area contributed by atoms with Crippen LogP contribution in [-0.2, 0) is 13.7 Å². The Morgan fingerprint density at radius 2 is 2.04 bits per heavy atom. The van der Waals surface area contributed by atoms with Gasteiger partial charge in [0.05, 0.1) is 12.2 Å². The lowest BCUT2D eigenvalue weighted by Gasteiger charge is -2.04. The number of benzene rings is 1. The van der Waals surface area contributed by atoms with E-state index in [0.717, 1.165) is 10.9 Å². The van der Waals surface area contributed by atoms with Gasteiger partial charge in [0.2, 0.25) is 0 Å². The third-order valence-electron chi connectivity index (χ3n) is 3.68. The SMILES string of the molecule is Cc1ccncc(-c2cc3ccc(CO)cc3oc2=O)cn(C)c1. The van der Waals surface area contributed by atoms with E-state index in [4.69, 9.17) is 4.42 Å². The molecular weight excluding hydrogens is 304 g/mol. The molecule has 0 radical (unpaired) electrons. The van der Waals surface area contributed by atoms with Crippen molar-refractivity contribution in [2.24, 2.45) is 7.05 Å². The highest BCUT2D eigenvalue weighted by Crippen LogP contribution is 2.21. The van der Waals surface area contributed by atoms with Gasteiger partial charge < -0.3 is 14.1 Å². The second kappa shape index (κ2) is 6.68. The van der Waals surface area contributed by atoms with Gasteiger partial charge in [-0.1, -0.05) is 12.1 Å². The van der Waals surface area contributed by atoms with Crippen LogP contribution in [0.25, 0.3) is 22.1 Å². The van der Waals surface area contributed by atoms with Crippen molar-refractivity contribution in [1.29, 1.82) is 0 Å². The summed E-state index contributed by atoms with van der Waals surface area (Å²) in [6.45, 7) is 1.88. The predicted octanol–water partition coefficient (Wildman–Crippen LogP) is 3.12. The van der Waals surface area contributed by atoms with Crippen LogP contribution in [0.3, 0.4) is 0 Å². The summed E-state index contributed by atoms with van der Waals surface area (Å²) >= 11 is 0. The largest absolute Gasteiger partial charge is 0.422 e. The Morgan fingerprint density at radius 3 is 2.83 bits per heavy atom. The fourth-order valence-electron chi connectivity index (χ4n) is 2.53. The molecule has 0 unspecified atom stereocenters. The van der Waals surface area contributed by atoms with Gasteiger partial charge in [-0.25, -0.2) is 4.79 Å². The average Bonchev–Trinajstić information content (AvgIpc) is 2.63. The maximum absolute atomic E-state index is 12.4. The number of hydrogen-bond donors (Lipinski definition) is 1. The summed E-state index contributed by atoms with van der Waals surface area (Å²) in [6, 6.07) is 8.98. The Labute approximate surface area is 139 Å². The molecule has 3 rings (SSSR count). The van der Waals surface area contributed by atoms with E-state index in [1.807, 2.05) is 43.1 Å². The van der Waals surface area contributed by atoms with Crippen molar-refractivity contribution >= 4 is 11.0 Å². The van der Waals surface area contributed by atoms with E-state index >= 15 is 0 Å². The van der Waals surface area contributed by atoms with E-state index in [-0.39, 0.29) is 6.61 Å². The number of aromatic nitrogens is 2. The number of rotatable bonds is 2. The lowest BCUT2D eigenvalue weighted by Crippen LogP contribution is -2.03. The van der Waals surface area contributed by atoms with Gasteiger partial charge in [-0.2, -0.15) is 0 Å². The van der Waals surface area contributed by atoms with Gasteiger partial charge in [-0.3, -0.25) is 4.98 Å². The zero-order valence-corrected chi connectivity index (χ0v) is 13.6. The van der Waals surface area contributed by atoms with Crippen LogP contribution in [-0.4, -0.2) is 14.7 Å². The Kier molecular flexibility index (Phi) is 4.44. The average molecular weight is 322 g/mol. The molecule has 5 heteroatoms. The standard InChI is InChI=1S/C19H18N2O3/c1-13-5-6-20-9-16(11-21(2)10-13)17-8-15-4-3-14(12-22)7-18(15)24-19(17)23/h3-11,22H,12H2,1-2H3. The van der Waals surface area contributed by atoms with Gasteiger partial charge in [0, 0.05) is 42.8 Å². The molecule has 0 saturated heterocycles. The molecule has 0 aliphatic rings. The van der Waals surface area contributed by atoms with Crippen molar-refractivity contribution in [2.45, 2.75) is 13.5 Å². The van der Waals surface area contributed by atoms with Gasteiger partial charge >= 0.3 is 5.63 Å². The fraction of sp³-hybridized carbons (Fsp3) is 0.158. The third-order valence-corrected chi connectivity index (χ3v) is 3.68. The minimum absolute atomic E-state index is 0.0952. The zero-order chi connectivity index (χ0) is 17.1. The Bertz CT molecular complexity index is 1000. The molecule has 0 aliphatic carbocycles. The summed E-state index contributed by atoms with van der Waals surface area (Å²) < 4.78 is 7.31. The van der Waals surface area contributed by atoms with Gasteiger partial charge in [-0.05, 0) is 36.2 Å². The van der Waals surface area contributed by atoms with E-state index < -0.39 is 5.63 Å². The molecule has 0 spiro atoms. The minimum Gasteiger partial charge on any atom is -0.422 e. The lowest BCUT2D eigenvalue weighted by atomic mass is 10.1. The molecule has 0 fully saturated rings. The van der Waals surface area contributed by atoms with Crippen molar-refractivity contribution in [2.75, 3.05) is 0 Å². The maximum Gasteiger partial charge on any atom is 0.344 e. The Hall–Kier alpha value is -2.92. The lowest BCUT2D eigenvalue weighted by molar-refractivity contribution is 0.282. The van der Waals surface area contributed by atoms with E-state index in [2.05, 4.69) is 4.98 Å². The molecule has 2 heterocycles. The molecule has 5 nitrogen and oxygen atoms in total. The normalized spacial score (nSPS) is 10.6. The first-order valence-electron chi connectivity index (χ1n) is 7.57. The van der Waals surface area contributed by atoms with Crippen LogP contribution in [0.2, 0.25) is 0 Å². The first kappa shape index (κ1) is 16.0. The highest BCUT2D eigenvalue weighted by Gasteiger charge is 2.08. The van der Waals surface area contributed by atoms with Crippen molar-refractivity contribution in [3.05, 3.63) is 76.7 Å². The first-order valence-corrected chi connectivity index (χ1v) is 7.57. The summed E-state index contributed by atoms with van der Waals surface area (Å²) in [5, 5.41) is 9.99. The van der Waals surface area contributed by atoms with E-state index in [0.29, 0.717) is 22.3 Å². The summed E-state index contributed by atoms with van der Waals surface area (Å²) in [5.41, 5.74) is 2.88. The van der Waals surface area contributed by atoms with Crippen molar-refractivity contribution in [3.63, 3.8) is 0 Å². The topological polar surface area (TPSA) is 68.3 Å². The first-order chi connectivity index (χ1) is 11.6. The fourth-order valence-corrected chi connectivity index (χ4v) is 2.53. The quantitative estimate of drug-likeness (QED) is 0.736. The van der Waals surface area contributed by atoms with E-state index in [1.165, 1.54) is 0 Å². The third kappa shape index (κ3) is 3.36. The van der Waals surface area contributed by atoms with Gasteiger partial charge in [0.1, 0.15) is 5.58 Å². The second-order valence-electron chi connectivity index (χ2n) is 5.69.